The summed E-state index contributed by atoms with van der Waals surface area (Å²) >= 11 is 0. The van der Waals surface area contributed by atoms with Crippen molar-refractivity contribution in [3.05, 3.63) is 30.9 Å². The minimum atomic E-state index is 0. The molecule has 0 spiro atoms. The molecular formula is C29H67N5. The lowest BCUT2D eigenvalue weighted by Gasteiger charge is -2.18. The maximum atomic E-state index is 4.10. The first-order valence-electron chi connectivity index (χ1n) is 12.1. The van der Waals surface area contributed by atoms with Crippen LogP contribution in [0.15, 0.2) is 30.9 Å². The van der Waals surface area contributed by atoms with Crippen molar-refractivity contribution in [1.82, 2.24) is 24.8 Å². The summed E-state index contributed by atoms with van der Waals surface area (Å²) in [6, 6.07) is 1.94. The molecule has 2 rings (SSSR count). The van der Waals surface area contributed by atoms with E-state index in [4.69, 9.17) is 0 Å². The second kappa shape index (κ2) is 21.9. The van der Waals surface area contributed by atoms with Crippen LogP contribution in [0, 0.1) is 10.8 Å². The highest BCUT2D eigenvalue weighted by molar-refractivity contribution is 4.83. The molecule has 0 aliphatic carbocycles. The lowest BCUT2D eigenvalue weighted by molar-refractivity contribution is 0.347. The van der Waals surface area contributed by atoms with Crippen LogP contribution >= 0.6 is 0 Å². The third-order valence-corrected chi connectivity index (χ3v) is 2.30. The van der Waals surface area contributed by atoms with E-state index in [0.29, 0.717) is 10.8 Å². The Kier molecular flexibility index (Phi) is 29.4. The van der Waals surface area contributed by atoms with Crippen LogP contribution in [0.2, 0.25) is 0 Å². The fraction of sp³-hybridized carbons (Fsp3) is 0.828. The summed E-state index contributed by atoms with van der Waals surface area (Å²) < 4.78 is 3.76. The van der Waals surface area contributed by atoms with Gasteiger partial charge in [0.2, 0.25) is 0 Å². The molecular weight excluding hydrogens is 418 g/mol. The van der Waals surface area contributed by atoms with Crippen LogP contribution < -0.4 is 0 Å². The molecule has 0 saturated carbocycles. The Labute approximate surface area is 217 Å². The van der Waals surface area contributed by atoms with Crippen LogP contribution in [-0.4, -0.2) is 24.8 Å². The fourth-order valence-electron chi connectivity index (χ4n) is 1.23. The van der Waals surface area contributed by atoms with Crippen molar-refractivity contribution in [1.29, 1.82) is 0 Å². The highest BCUT2D eigenvalue weighted by Crippen LogP contribution is 2.10. The first-order chi connectivity index (χ1) is 14.2. The largest absolute Gasteiger partial charge is 0.268 e. The van der Waals surface area contributed by atoms with Gasteiger partial charge in [-0.15, -0.1) is 5.10 Å². The standard InChI is InChI=1S/C7H12N2.C6H11N3.2C5H12.2C2H6.2CH4/c1-7(2,3)9-6-4-5-8-9;1-6(2,3)9-5-4-7-8-9;2*1-5(2,3)4;2*1-2;;/h4-6H,1-3H3;4-5H,1-3H3;2*1-4H3;2*1-2H3;2*1H4. The van der Waals surface area contributed by atoms with E-state index in [2.05, 4.69) is 112 Å². The van der Waals surface area contributed by atoms with Crippen molar-refractivity contribution >= 4 is 0 Å². The average Bonchev–Trinajstić information content (AvgIpc) is 3.29. The van der Waals surface area contributed by atoms with Gasteiger partial charge in [0.25, 0.3) is 0 Å². The molecule has 0 aliphatic heterocycles. The Morgan fingerprint density at radius 3 is 0.941 bits per heavy atom. The summed E-state index contributed by atoms with van der Waals surface area (Å²) in [5.41, 5.74) is 1.19. The van der Waals surface area contributed by atoms with Gasteiger partial charge >= 0.3 is 0 Å². The molecule has 0 N–H and O–H groups in total. The molecule has 0 bridgehead atoms. The molecule has 0 radical (unpaired) electrons. The number of nitrogens with zero attached hydrogens (tertiary/aromatic N) is 5. The van der Waals surface area contributed by atoms with Crippen LogP contribution in [0.3, 0.4) is 0 Å². The highest BCUT2D eigenvalue weighted by atomic mass is 15.4. The zero-order valence-corrected chi connectivity index (χ0v) is 25.1. The van der Waals surface area contributed by atoms with Crippen molar-refractivity contribution < 1.29 is 0 Å². The Bertz CT molecular complexity index is 517. The predicted octanol–water partition coefficient (Wildman–Crippen LogP) is 10.1. The van der Waals surface area contributed by atoms with E-state index in [0.717, 1.165) is 0 Å². The number of aromatic nitrogens is 5. The summed E-state index contributed by atoms with van der Waals surface area (Å²) in [6.07, 6.45) is 7.32. The Hall–Kier alpha value is -1.65. The minimum Gasteiger partial charge on any atom is -0.268 e. The van der Waals surface area contributed by atoms with Gasteiger partial charge in [0.1, 0.15) is 0 Å². The molecule has 0 amide bonds. The topological polar surface area (TPSA) is 48.5 Å². The van der Waals surface area contributed by atoms with Crippen LogP contribution in [0.4, 0.5) is 0 Å². The van der Waals surface area contributed by atoms with Gasteiger partial charge in [-0.25, -0.2) is 4.68 Å². The van der Waals surface area contributed by atoms with Crippen molar-refractivity contribution in [2.45, 2.75) is 151 Å². The molecule has 2 aromatic heterocycles. The van der Waals surface area contributed by atoms with Gasteiger partial charge in [0.15, 0.2) is 0 Å². The molecule has 5 heteroatoms. The average molecular weight is 486 g/mol. The molecule has 0 aromatic carbocycles. The molecule has 5 nitrogen and oxygen atoms in total. The van der Waals surface area contributed by atoms with Gasteiger partial charge in [-0.3, -0.25) is 4.68 Å². The molecule has 208 valence electrons. The summed E-state index contributed by atoms with van der Waals surface area (Å²) in [5.74, 6) is 0. The Balaban J connectivity index is -0.0000000741. The second-order valence-corrected chi connectivity index (χ2v) is 12.1. The van der Waals surface area contributed by atoms with Gasteiger partial charge in [0.05, 0.1) is 17.3 Å². The SMILES string of the molecule is C.C.CC.CC.CC(C)(C)C.CC(C)(C)C.CC(C)(C)n1cccn1.CC(C)(C)n1ccnn1. The molecule has 2 aromatic rings. The van der Waals surface area contributed by atoms with Crippen molar-refractivity contribution in [3.63, 3.8) is 0 Å². The second-order valence-electron chi connectivity index (χ2n) is 12.1. The van der Waals surface area contributed by atoms with Crippen molar-refractivity contribution in [2.75, 3.05) is 0 Å². The summed E-state index contributed by atoms with van der Waals surface area (Å²) in [6.45, 7) is 38.1. The summed E-state index contributed by atoms with van der Waals surface area (Å²) in [4.78, 5) is 0. The maximum Gasteiger partial charge on any atom is 0.0693 e. The number of hydrogen-bond donors (Lipinski definition) is 0. The zero-order valence-electron chi connectivity index (χ0n) is 25.1. The highest BCUT2D eigenvalue weighted by Gasteiger charge is 2.12. The van der Waals surface area contributed by atoms with E-state index in [1.807, 2.05) is 55.5 Å². The van der Waals surface area contributed by atoms with Gasteiger partial charge in [-0.05, 0) is 58.4 Å². The van der Waals surface area contributed by atoms with Gasteiger partial charge in [-0.1, -0.05) is 103 Å². The molecule has 0 unspecified atom stereocenters. The normalized spacial score (nSPS) is 10.2. The quantitative estimate of drug-likeness (QED) is 0.373. The zero-order chi connectivity index (χ0) is 26.8. The van der Waals surface area contributed by atoms with E-state index in [9.17, 15) is 0 Å². The van der Waals surface area contributed by atoms with Crippen molar-refractivity contribution in [2.24, 2.45) is 10.8 Å². The minimum absolute atomic E-state index is 0. The maximum absolute atomic E-state index is 4.10. The van der Waals surface area contributed by atoms with E-state index in [-0.39, 0.29) is 25.9 Å². The number of hydrogen-bond acceptors (Lipinski definition) is 3. The number of rotatable bonds is 0. The van der Waals surface area contributed by atoms with Crippen LogP contribution in [0.25, 0.3) is 0 Å². The van der Waals surface area contributed by atoms with Crippen molar-refractivity contribution in [3.8, 4) is 0 Å². The molecule has 0 aliphatic rings. The van der Waals surface area contributed by atoms with E-state index in [1.165, 1.54) is 0 Å². The monoisotopic (exact) mass is 486 g/mol. The van der Waals surface area contributed by atoms with E-state index < -0.39 is 0 Å². The van der Waals surface area contributed by atoms with Gasteiger partial charge in [0, 0.05) is 18.6 Å². The first kappa shape index (κ1) is 45.8. The van der Waals surface area contributed by atoms with Gasteiger partial charge < -0.3 is 0 Å². The predicted molar refractivity (Wildman–Crippen MR) is 159 cm³/mol. The molecule has 34 heavy (non-hydrogen) atoms. The van der Waals surface area contributed by atoms with Crippen LogP contribution in [0.1, 0.15) is 139 Å². The molecule has 2 heterocycles. The summed E-state index contributed by atoms with van der Waals surface area (Å²) in [7, 11) is 0. The van der Waals surface area contributed by atoms with Gasteiger partial charge in [-0.2, -0.15) is 5.10 Å². The molecule has 0 saturated heterocycles. The van der Waals surface area contributed by atoms with E-state index >= 15 is 0 Å². The lowest BCUT2D eigenvalue weighted by atomic mass is 10.0. The third-order valence-electron chi connectivity index (χ3n) is 2.30. The Morgan fingerprint density at radius 2 is 0.824 bits per heavy atom. The van der Waals surface area contributed by atoms with Crippen LogP contribution in [0.5, 0.6) is 0 Å². The summed E-state index contributed by atoms with van der Waals surface area (Å²) in [5, 5.41) is 11.7. The lowest BCUT2D eigenvalue weighted by Crippen LogP contribution is -2.22. The van der Waals surface area contributed by atoms with E-state index in [1.54, 1.807) is 12.4 Å². The Morgan fingerprint density at radius 1 is 0.500 bits per heavy atom. The smallest absolute Gasteiger partial charge is 0.0693 e. The third kappa shape index (κ3) is 44.1. The molecule has 0 fully saturated rings. The van der Waals surface area contributed by atoms with Crippen LogP contribution in [-0.2, 0) is 11.1 Å². The molecule has 0 atom stereocenters. The fourth-order valence-corrected chi connectivity index (χ4v) is 1.23. The first-order valence-corrected chi connectivity index (χ1v) is 12.1.